The van der Waals surface area contributed by atoms with Gasteiger partial charge < -0.3 is 19.7 Å². The molecule has 0 spiro atoms. The van der Waals surface area contributed by atoms with E-state index in [0.29, 0.717) is 13.2 Å². The maximum absolute atomic E-state index is 12.4. The van der Waals surface area contributed by atoms with Gasteiger partial charge in [-0.25, -0.2) is 4.99 Å². The molecule has 5 rings (SSSR count). The Labute approximate surface area is 164 Å². The van der Waals surface area contributed by atoms with E-state index in [4.69, 9.17) is 14.5 Å². The number of amides is 1. The lowest BCUT2D eigenvalue weighted by molar-refractivity contribution is -0.122. The van der Waals surface area contributed by atoms with Crippen molar-refractivity contribution in [2.75, 3.05) is 31.6 Å². The minimum atomic E-state index is 0.105. The number of hydrogen-bond acceptors (Lipinski definition) is 5. The molecule has 144 valence electrons. The lowest BCUT2D eigenvalue weighted by Crippen LogP contribution is -2.41. The van der Waals surface area contributed by atoms with E-state index in [0.717, 1.165) is 66.6 Å². The van der Waals surface area contributed by atoms with Crippen LogP contribution < -0.4 is 10.1 Å². The quantitative estimate of drug-likeness (QED) is 0.861. The summed E-state index contributed by atoms with van der Waals surface area (Å²) in [5.41, 5.74) is 2.48. The largest absolute Gasteiger partial charge is 0.454 e. The summed E-state index contributed by atoms with van der Waals surface area (Å²) in [6, 6.07) is 13.6. The highest BCUT2D eigenvalue weighted by atomic mass is 16.5. The highest BCUT2D eigenvalue weighted by Gasteiger charge is 2.27. The first kappa shape index (κ1) is 17.3. The van der Waals surface area contributed by atoms with Gasteiger partial charge in [0, 0.05) is 24.7 Å². The van der Waals surface area contributed by atoms with Gasteiger partial charge in [-0.3, -0.25) is 4.79 Å². The van der Waals surface area contributed by atoms with E-state index >= 15 is 0 Å². The van der Waals surface area contributed by atoms with Crippen LogP contribution in [0.15, 0.2) is 47.5 Å². The molecule has 6 heteroatoms. The molecule has 1 saturated carbocycles. The van der Waals surface area contributed by atoms with Crippen molar-refractivity contribution in [2.24, 2.45) is 10.9 Å². The van der Waals surface area contributed by atoms with Crippen molar-refractivity contribution in [1.29, 1.82) is 0 Å². The molecule has 6 nitrogen and oxygen atoms in total. The van der Waals surface area contributed by atoms with Crippen LogP contribution in [0.3, 0.4) is 0 Å². The number of carbonyl (C=O) groups is 1. The first-order valence-corrected chi connectivity index (χ1v) is 9.91. The van der Waals surface area contributed by atoms with Gasteiger partial charge in [0.25, 0.3) is 0 Å². The van der Waals surface area contributed by atoms with Crippen molar-refractivity contribution in [1.82, 2.24) is 4.90 Å². The fourth-order valence-electron chi connectivity index (χ4n) is 3.73. The number of nitrogens with zero attached hydrogens (tertiary/aromatic N) is 2. The number of fused-ring (bicyclic) bond motifs is 2. The highest BCUT2D eigenvalue weighted by molar-refractivity contribution is 6.05. The molecule has 3 aliphatic rings. The Bertz CT molecular complexity index is 930. The molecule has 0 atom stereocenters. The maximum Gasteiger partial charge on any atom is 0.227 e. The fraction of sp³-hybridized carbons (Fsp3) is 0.364. The van der Waals surface area contributed by atoms with Crippen LogP contribution in [0.2, 0.25) is 0 Å². The van der Waals surface area contributed by atoms with Crippen molar-refractivity contribution in [3.63, 3.8) is 0 Å². The Hall–Kier alpha value is -2.86. The minimum Gasteiger partial charge on any atom is -0.454 e. The molecule has 2 heterocycles. The lowest BCUT2D eigenvalue weighted by atomic mass is 9.85. The monoisotopic (exact) mass is 377 g/mol. The summed E-state index contributed by atoms with van der Waals surface area (Å²) in [5.74, 6) is 2.60. The average molecular weight is 377 g/mol. The lowest BCUT2D eigenvalue weighted by Gasteiger charge is -2.30. The average Bonchev–Trinajstić information content (AvgIpc) is 2.84. The predicted octanol–water partition coefficient (Wildman–Crippen LogP) is 3.94. The zero-order chi connectivity index (χ0) is 18.9. The molecule has 28 heavy (non-hydrogen) atoms. The summed E-state index contributed by atoms with van der Waals surface area (Å²) < 4.78 is 11.7. The van der Waals surface area contributed by atoms with Gasteiger partial charge in [0.1, 0.15) is 17.3 Å². The Morgan fingerprint density at radius 1 is 1.07 bits per heavy atom. The molecule has 1 N–H and O–H groups in total. The summed E-state index contributed by atoms with van der Waals surface area (Å²) >= 11 is 0. The molecule has 2 aromatic rings. The molecular formula is C22H23N3O3. The van der Waals surface area contributed by atoms with E-state index in [9.17, 15) is 4.79 Å². The third-order valence-electron chi connectivity index (χ3n) is 5.59. The number of morpholine rings is 1. The van der Waals surface area contributed by atoms with Crippen LogP contribution in [0, 0.1) is 5.92 Å². The van der Waals surface area contributed by atoms with E-state index < -0.39 is 0 Å². The van der Waals surface area contributed by atoms with Crippen LogP contribution in [0.5, 0.6) is 11.5 Å². The summed E-state index contributed by atoms with van der Waals surface area (Å²) in [6.45, 7) is 2.90. The summed E-state index contributed by atoms with van der Waals surface area (Å²) in [4.78, 5) is 19.6. The van der Waals surface area contributed by atoms with E-state index in [1.54, 1.807) is 0 Å². The number of aliphatic imine (C=N–C) groups is 1. The smallest absolute Gasteiger partial charge is 0.227 e. The van der Waals surface area contributed by atoms with Gasteiger partial charge in [-0.1, -0.05) is 18.6 Å². The number of para-hydroxylation sites is 2. The summed E-state index contributed by atoms with van der Waals surface area (Å²) in [5, 5.41) is 3.07. The molecule has 0 bridgehead atoms. The third-order valence-corrected chi connectivity index (χ3v) is 5.59. The molecule has 1 aliphatic carbocycles. The molecule has 1 amide bonds. The van der Waals surface area contributed by atoms with Crippen LogP contribution in [0.25, 0.3) is 0 Å². The van der Waals surface area contributed by atoms with E-state index in [2.05, 4.69) is 10.2 Å². The second-order valence-electron chi connectivity index (χ2n) is 7.43. The Morgan fingerprint density at radius 3 is 2.68 bits per heavy atom. The van der Waals surface area contributed by atoms with Crippen molar-refractivity contribution in [3.8, 4) is 11.5 Å². The van der Waals surface area contributed by atoms with Crippen molar-refractivity contribution >= 4 is 23.1 Å². The normalized spacial score (nSPS) is 18.7. The summed E-state index contributed by atoms with van der Waals surface area (Å²) in [7, 11) is 0. The highest BCUT2D eigenvalue weighted by Crippen LogP contribution is 2.39. The molecule has 2 aliphatic heterocycles. The van der Waals surface area contributed by atoms with Gasteiger partial charge in [0.2, 0.25) is 5.91 Å². The van der Waals surface area contributed by atoms with Gasteiger partial charge in [-0.05, 0) is 43.2 Å². The number of hydrogen-bond donors (Lipinski definition) is 1. The van der Waals surface area contributed by atoms with Crippen molar-refractivity contribution in [2.45, 2.75) is 19.3 Å². The first-order chi connectivity index (χ1) is 13.8. The SMILES string of the molecule is O=C(Nc1ccc2c(c1)C(N1CCOCC1)=Nc1ccccc1O2)C1CCC1. The maximum atomic E-state index is 12.4. The summed E-state index contributed by atoms with van der Waals surface area (Å²) in [6.07, 6.45) is 3.10. The number of nitrogens with one attached hydrogen (secondary N) is 1. The number of rotatable bonds is 2. The second-order valence-corrected chi connectivity index (χ2v) is 7.43. The fourth-order valence-corrected chi connectivity index (χ4v) is 3.73. The number of anilines is 1. The van der Waals surface area contributed by atoms with Gasteiger partial charge in [-0.2, -0.15) is 0 Å². The predicted molar refractivity (Wildman–Crippen MR) is 108 cm³/mol. The third kappa shape index (κ3) is 3.24. The number of amidine groups is 1. The molecular weight excluding hydrogens is 354 g/mol. The van der Waals surface area contributed by atoms with Crippen LogP contribution in [0.1, 0.15) is 24.8 Å². The number of benzene rings is 2. The second kappa shape index (κ2) is 7.28. The van der Waals surface area contributed by atoms with E-state index in [1.165, 1.54) is 0 Å². The zero-order valence-electron chi connectivity index (χ0n) is 15.7. The molecule has 2 aromatic carbocycles. The first-order valence-electron chi connectivity index (χ1n) is 9.91. The molecule has 0 aromatic heterocycles. The van der Waals surface area contributed by atoms with E-state index in [1.807, 2.05) is 42.5 Å². The van der Waals surface area contributed by atoms with Crippen LogP contribution in [-0.4, -0.2) is 42.9 Å². The molecule has 2 fully saturated rings. The van der Waals surface area contributed by atoms with Crippen LogP contribution in [0.4, 0.5) is 11.4 Å². The molecule has 0 unspecified atom stereocenters. The van der Waals surface area contributed by atoms with Crippen LogP contribution >= 0.6 is 0 Å². The molecule has 1 saturated heterocycles. The van der Waals surface area contributed by atoms with Gasteiger partial charge in [-0.15, -0.1) is 0 Å². The van der Waals surface area contributed by atoms with Gasteiger partial charge >= 0.3 is 0 Å². The van der Waals surface area contributed by atoms with Crippen molar-refractivity contribution in [3.05, 3.63) is 48.0 Å². The molecule has 0 radical (unpaired) electrons. The zero-order valence-corrected chi connectivity index (χ0v) is 15.7. The number of carbonyl (C=O) groups excluding carboxylic acids is 1. The van der Waals surface area contributed by atoms with E-state index in [-0.39, 0.29) is 11.8 Å². The topological polar surface area (TPSA) is 63.2 Å². The minimum absolute atomic E-state index is 0.105. The van der Waals surface area contributed by atoms with Crippen LogP contribution in [-0.2, 0) is 9.53 Å². The van der Waals surface area contributed by atoms with Crippen molar-refractivity contribution < 1.29 is 14.3 Å². The number of ether oxygens (including phenoxy) is 2. The Morgan fingerprint density at radius 2 is 1.89 bits per heavy atom. The standard InChI is InChI=1S/C22H23N3O3/c26-22(15-4-3-5-15)23-16-8-9-19-17(14-16)21(25-10-12-27-13-11-25)24-18-6-1-2-7-20(18)28-19/h1-2,6-9,14-15H,3-5,10-13H2,(H,23,26). The Balaban J connectivity index is 1.53. The Kier molecular flexibility index (Phi) is 4.49. The van der Waals surface area contributed by atoms with Gasteiger partial charge in [0.05, 0.1) is 18.8 Å². The van der Waals surface area contributed by atoms with Gasteiger partial charge in [0.15, 0.2) is 5.75 Å².